The summed E-state index contributed by atoms with van der Waals surface area (Å²) in [7, 11) is 0. The number of hydrogen-bond donors (Lipinski definition) is 1. The summed E-state index contributed by atoms with van der Waals surface area (Å²) in [5, 5.41) is 14.0. The molecular weight excluding hydrogens is 232 g/mol. The summed E-state index contributed by atoms with van der Waals surface area (Å²) in [4.78, 5) is 10.5. The number of para-hydroxylation sites is 1. The molecule has 0 aliphatic heterocycles. The number of nitro benzene ring substituents is 1. The first-order valence-corrected chi connectivity index (χ1v) is 5.68. The molecule has 0 fully saturated rings. The predicted octanol–water partition coefficient (Wildman–Crippen LogP) is 3.68. The van der Waals surface area contributed by atoms with Gasteiger partial charge in [0.2, 0.25) is 0 Å². The van der Waals surface area contributed by atoms with Gasteiger partial charge < -0.3 is 9.73 Å². The van der Waals surface area contributed by atoms with Gasteiger partial charge in [-0.15, -0.1) is 0 Å². The number of nitro groups is 1. The Bertz CT molecular complexity index is 561. The summed E-state index contributed by atoms with van der Waals surface area (Å²) in [5.74, 6) is 1.10. The van der Waals surface area contributed by atoms with Crippen molar-refractivity contribution < 1.29 is 9.34 Å². The highest BCUT2D eigenvalue weighted by atomic mass is 16.6. The predicted molar refractivity (Wildman–Crippen MR) is 69.6 cm³/mol. The fraction of sp³-hybridized carbons (Fsp3) is 0.231. The van der Waals surface area contributed by atoms with Crippen LogP contribution in [-0.2, 0) is 0 Å². The molecule has 0 saturated carbocycles. The zero-order valence-electron chi connectivity index (χ0n) is 10.2. The molecule has 5 heteroatoms. The SMILES string of the molecule is CC(C)Nc1ccc(-c2ccccc2[N+](=O)[O-])o1. The van der Waals surface area contributed by atoms with E-state index in [4.69, 9.17) is 4.42 Å². The summed E-state index contributed by atoms with van der Waals surface area (Å²) in [6.45, 7) is 3.99. The normalized spacial score (nSPS) is 10.6. The number of furan rings is 1. The van der Waals surface area contributed by atoms with Crippen molar-refractivity contribution in [3.63, 3.8) is 0 Å². The van der Waals surface area contributed by atoms with E-state index in [-0.39, 0.29) is 11.7 Å². The van der Waals surface area contributed by atoms with Gasteiger partial charge in [-0.2, -0.15) is 0 Å². The maximum atomic E-state index is 10.9. The molecule has 0 aliphatic carbocycles. The van der Waals surface area contributed by atoms with Gasteiger partial charge in [0.05, 0.1) is 10.5 Å². The van der Waals surface area contributed by atoms with Gasteiger partial charge in [-0.3, -0.25) is 10.1 Å². The van der Waals surface area contributed by atoms with Gasteiger partial charge in [-0.1, -0.05) is 12.1 Å². The number of hydrogen-bond acceptors (Lipinski definition) is 4. The van der Waals surface area contributed by atoms with Crippen molar-refractivity contribution in [1.29, 1.82) is 0 Å². The molecule has 0 atom stereocenters. The Morgan fingerprint density at radius 1 is 1.22 bits per heavy atom. The van der Waals surface area contributed by atoms with Crippen molar-refractivity contribution in [2.75, 3.05) is 5.32 Å². The molecule has 18 heavy (non-hydrogen) atoms. The summed E-state index contributed by atoms with van der Waals surface area (Å²) >= 11 is 0. The van der Waals surface area contributed by atoms with Crippen molar-refractivity contribution in [2.24, 2.45) is 0 Å². The molecule has 1 N–H and O–H groups in total. The molecule has 94 valence electrons. The number of nitrogens with zero attached hydrogens (tertiary/aromatic N) is 1. The maximum absolute atomic E-state index is 10.9. The molecule has 5 nitrogen and oxygen atoms in total. The van der Waals surface area contributed by atoms with Crippen LogP contribution in [0.25, 0.3) is 11.3 Å². The van der Waals surface area contributed by atoms with Crippen LogP contribution < -0.4 is 5.32 Å². The van der Waals surface area contributed by atoms with Crippen LogP contribution in [0.4, 0.5) is 11.6 Å². The second kappa shape index (κ2) is 4.91. The zero-order valence-corrected chi connectivity index (χ0v) is 10.2. The van der Waals surface area contributed by atoms with E-state index in [1.165, 1.54) is 6.07 Å². The molecule has 0 amide bonds. The van der Waals surface area contributed by atoms with Crippen LogP contribution in [0, 0.1) is 10.1 Å². The monoisotopic (exact) mass is 246 g/mol. The number of rotatable bonds is 4. The van der Waals surface area contributed by atoms with Crippen molar-refractivity contribution in [1.82, 2.24) is 0 Å². The maximum Gasteiger partial charge on any atom is 0.280 e. The minimum absolute atomic E-state index is 0.0444. The average Bonchev–Trinajstić information content (AvgIpc) is 2.76. The molecule has 0 radical (unpaired) electrons. The van der Waals surface area contributed by atoms with Crippen LogP contribution in [-0.4, -0.2) is 11.0 Å². The summed E-state index contributed by atoms with van der Waals surface area (Å²) in [6.07, 6.45) is 0. The molecule has 0 unspecified atom stereocenters. The zero-order chi connectivity index (χ0) is 13.1. The van der Waals surface area contributed by atoms with E-state index in [1.54, 1.807) is 30.3 Å². The second-order valence-electron chi connectivity index (χ2n) is 4.24. The van der Waals surface area contributed by atoms with Crippen LogP contribution in [0.1, 0.15) is 13.8 Å². The van der Waals surface area contributed by atoms with Crippen LogP contribution in [0.3, 0.4) is 0 Å². The average molecular weight is 246 g/mol. The highest BCUT2D eigenvalue weighted by Crippen LogP contribution is 2.32. The Morgan fingerprint density at radius 2 is 1.94 bits per heavy atom. The second-order valence-corrected chi connectivity index (χ2v) is 4.24. The van der Waals surface area contributed by atoms with Gasteiger partial charge in [-0.25, -0.2) is 0 Å². The van der Waals surface area contributed by atoms with Gasteiger partial charge in [0.25, 0.3) is 5.69 Å². The first kappa shape index (κ1) is 12.2. The van der Waals surface area contributed by atoms with Crippen LogP contribution in [0.5, 0.6) is 0 Å². The molecule has 1 aromatic heterocycles. The quantitative estimate of drug-likeness (QED) is 0.660. The largest absolute Gasteiger partial charge is 0.441 e. The highest BCUT2D eigenvalue weighted by Gasteiger charge is 2.17. The van der Waals surface area contributed by atoms with Gasteiger partial charge in [0.15, 0.2) is 5.88 Å². The third-order valence-corrected chi connectivity index (χ3v) is 2.40. The topological polar surface area (TPSA) is 68.3 Å². The minimum Gasteiger partial charge on any atom is -0.441 e. The Balaban J connectivity index is 2.37. The molecular formula is C13H14N2O3. The van der Waals surface area contributed by atoms with E-state index in [9.17, 15) is 10.1 Å². The van der Waals surface area contributed by atoms with Gasteiger partial charge >= 0.3 is 0 Å². The van der Waals surface area contributed by atoms with E-state index in [1.807, 2.05) is 13.8 Å². The van der Waals surface area contributed by atoms with Crippen molar-refractivity contribution in [2.45, 2.75) is 19.9 Å². The van der Waals surface area contributed by atoms with Crippen LogP contribution in [0.2, 0.25) is 0 Å². The molecule has 0 aliphatic rings. The molecule has 1 aromatic carbocycles. The summed E-state index contributed by atoms with van der Waals surface area (Å²) in [6, 6.07) is 10.3. The Morgan fingerprint density at radius 3 is 2.61 bits per heavy atom. The van der Waals surface area contributed by atoms with Crippen LogP contribution in [0.15, 0.2) is 40.8 Å². The molecule has 1 heterocycles. The third-order valence-electron chi connectivity index (χ3n) is 2.40. The first-order chi connectivity index (χ1) is 8.58. The van der Waals surface area contributed by atoms with E-state index in [0.29, 0.717) is 17.2 Å². The number of nitrogens with one attached hydrogen (secondary N) is 1. The van der Waals surface area contributed by atoms with Crippen LogP contribution >= 0.6 is 0 Å². The van der Waals surface area contributed by atoms with E-state index in [2.05, 4.69) is 5.32 Å². The standard InChI is InChI=1S/C13H14N2O3/c1-9(2)14-13-8-7-12(18-13)10-5-3-4-6-11(10)15(16)17/h3-9,14H,1-2H3. The van der Waals surface area contributed by atoms with E-state index < -0.39 is 4.92 Å². The van der Waals surface area contributed by atoms with E-state index >= 15 is 0 Å². The van der Waals surface area contributed by atoms with Crippen molar-refractivity contribution >= 4 is 11.6 Å². The Hall–Kier alpha value is -2.30. The fourth-order valence-corrected chi connectivity index (χ4v) is 1.69. The highest BCUT2D eigenvalue weighted by molar-refractivity contribution is 5.70. The first-order valence-electron chi connectivity index (χ1n) is 5.68. The number of benzene rings is 1. The lowest BCUT2D eigenvalue weighted by atomic mass is 10.1. The fourth-order valence-electron chi connectivity index (χ4n) is 1.69. The Kier molecular flexibility index (Phi) is 3.32. The summed E-state index contributed by atoms with van der Waals surface area (Å²) < 4.78 is 5.56. The Labute approximate surface area is 105 Å². The lowest BCUT2D eigenvalue weighted by Crippen LogP contribution is -2.08. The molecule has 2 rings (SSSR count). The lowest BCUT2D eigenvalue weighted by molar-refractivity contribution is -0.384. The third kappa shape index (κ3) is 2.51. The molecule has 0 saturated heterocycles. The molecule has 0 bridgehead atoms. The molecule has 0 spiro atoms. The van der Waals surface area contributed by atoms with Crippen molar-refractivity contribution in [3.8, 4) is 11.3 Å². The summed E-state index contributed by atoms with van der Waals surface area (Å²) in [5.41, 5.74) is 0.530. The minimum atomic E-state index is -0.409. The van der Waals surface area contributed by atoms with E-state index in [0.717, 1.165) is 0 Å². The van der Waals surface area contributed by atoms with Gasteiger partial charge in [0.1, 0.15) is 5.76 Å². The number of anilines is 1. The smallest absolute Gasteiger partial charge is 0.280 e. The van der Waals surface area contributed by atoms with Crippen molar-refractivity contribution in [3.05, 3.63) is 46.5 Å². The molecule has 2 aromatic rings. The van der Waals surface area contributed by atoms with Gasteiger partial charge in [-0.05, 0) is 26.0 Å². The lowest BCUT2D eigenvalue weighted by Gasteiger charge is -2.05. The van der Waals surface area contributed by atoms with Gasteiger partial charge in [0, 0.05) is 18.2 Å².